The van der Waals surface area contributed by atoms with Crippen molar-refractivity contribution in [3.8, 4) is 0 Å². The van der Waals surface area contributed by atoms with E-state index in [0.29, 0.717) is 17.3 Å². The lowest BCUT2D eigenvalue weighted by molar-refractivity contribution is -0.116. The van der Waals surface area contributed by atoms with Gasteiger partial charge in [0.2, 0.25) is 0 Å². The molecule has 4 atom stereocenters. The maximum atomic E-state index is 10.1. The van der Waals surface area contributed by atoms with Crippen molar-refractivity contribution in [2.24, 2.45) is 22.7 Å². The molecule has 2 N–H and O–H groups in total. The predicted octanol–water partition coefficient (Wildman–Crippen LogP) is 2.50. The minimum absolute atomic E-state index is 0.0483. The number of allylic oxidation sites excluding steroid dienone is 1. The SMILES string of the molecule is CC1(C)CC2=C(CO)[C@H]3C[C@H](O)[C@@]3(C)C[C@@H]2C1. The van der Waals surface area contributed by atoms with Crippen LogP contribution < -0.4 is 0 Å². The molecule has 2 heteroatoms. The molecule has 2 nitrogen and oxygen atoms in total. The Morgan fingerprint density at radius 2 is 1.94 bits per heavy atom. The molecule has 2 fully saturated rings. The summed E-state index contributed by atoms with van der Waals surface area (Å²) < 4.78 is 0. The Bertz CT molecular complexity index is 382. The fourth-order valence-electron chi connectivity index (χ4n) is 4.71. The molecular formula is C15H24O2. The van der Waals surface area contributed by atoms with Gasteiger partial charge in [0.25, 0.3) is 0 Å². The van der Waals surface area contributed by atoms with Crippen molar-refractivity contribution >= 4 is 0 Å². The largest absolute Gasteiger partial charge is 0.393 e. The van der Waals surface area contributed by atoms with Crippen molar-refractivity contribution in [3.63, 3.8) is 0 Å². The third-order valence-electron chi connectivity index (χ3n) is 5.67. The number of aliphatic hydroxyl groups is 2. The van der Waals surface area contributed by atoms with E-state index in [4.69, 9.17) is 0 Å². The highest BCUT2D eigenvalue weighted by molar-refractivity contribution is 5.34. The first-order valence-corrected chi connectivity index (χ1v) is 6.88. The van der Waals surface area contributed by atoms with Crippen LogP contribution in [0.2, 0.25) is 0 Å². The lowest BCUT2D eigenvalue weighted by Crippen LogP contribution is -2.55. The quantitative estimate of drug-likeness (QED) is 0.687. The van der Waals surface area contributed by atoms with Crippen LogP contribution in [0.3, 0.4) is 0 Å². The first-order chi connectivity index (χ1) is 7.87. The zero-order valence-corrected chi connectivity index (χ0v) is 11.2. The molecular weight excluding hydrogens is 212 g/mol. The van der Waals surface area contributed by atoms with Crippen LogP contribution in [0.25, 0.3) is 0 Å². The molecule has 0 aromatic heterocycles. The fraction of sp³-hybridized carbons (Fsp3) is 0.867. The molecule has 0 bridgehead atoms. The molecule has 96 valence electrons. The molecule has 0 saturated heterocycles. The fourth-order valence-corrected chi connectivity index (χ4v) is 4.71. The van der Waals surface area contributed by atoms with Crippen LogP contribution >= 0.6 is 0 Å². The Hall–Kier alpha value is -0.340. The Morgan fingerprint density at radius 1 is 1.24 bits per heavy atom. The highest BCUT2D eigenvalue weighted by Gasteiger charge is 2.58. The second-order valence-electron chi connectivity index (χ2n) is 7.46. The molecule has 0 amide bonds. The number of hydrogen-bond acceptors (Lipinski definition) is 2. The van der Waals surface area contributed by atoms with Crippen LogP contribution in [0, 0.1) is 22.7 Å². The molecule has 0 unspecified atom stereocenters. The van der Waals surface area contributed by atoms with E-state index in [1.165, 1.54) is 17.6 Å². The third kappa shape index (κ3) is 1.47. The lowest BCUT2D eigenvalue weighted by Gasteiger charge is -2.57. The molecule has 0 spiro atoms. The van der Waals surface area contributed by atoms with Crippen LogP contribution in [-0.4, -0.2) is 22.9 Å². The Labute approximate surface area is 104 Å². The van der Waals surface area contributed by atoms with Crippen molar-refractivity contribution in [3.05, 3.63) is 11.1 Å². The van der Waals surface area contributed by atoms with Gasteiger partial charge >= 0.3 is 0 Å². The van der Waals surface area contributed by atoms with E-state index >= 15 is 0 Å². The maximum Gasteiger partial charge on any atom is 0.0647 e. The first-order valence-electron chi connectivity index (χ1n) is 6.88. The summed E-state index contributed by atoms with van der Waals surface area (Å²) in [6.07, 6.45) is 4.21. The topological polar surface area (TPSA) is 40.5 Å². The summed E-state index contributed by atoms with van der Waals surface area (Å²) in [5.41, 5.74) is 3.24. The van der Waals surface area contributed by atoms with Gasteiger partial charge < -0.3 is 10.2 Å². The maximum absolute atomic E-state index is 10.1. The summed E-state index contributed by atoms with van der Waals surface area (Å²) in [6.45, 7) is 7.07. The summed E-state index contributed by atoms with van der Waals surface area (Å²) >= 11 is 0. The molecule has 3 rings (SSSR count). The Morgan fingerprint density at radius 3 is 2.53 bits per heavy atom. The summed E-state index contributed by atoms with van der Waals surface area (Å²) in [6, 6.07) is 0. The van der Waals surface area contributed by atoms with Crippen LogP contribution in [0.1, 0.15) is 46.5 Å². The van der Waals surface area contributed by atoms with E-state index in [0.717, 1.165) is 19.3 Å². The van der Waals surface area contributed by atoms with E-state index in [1.807, 2.05) is 0 Å². The van der Waals surface area contributed by atoms with Gasteiger partial charge in [0, 0.05) is 5.41 Å². The van der Waals surface area contributed by atoms with Crippen LogP contribution in [-0.2, 0) is 0 Å². The molecule has 0 aromatic rings. The predicted molar refractivity (Wildman–Crippen MR) is 67.5 cm³/mol. The number of fused-ring (bicyclic) bond motifs is 2. The standard InChI is InChI=1S/C15H24O2/c1-14(2)5-9-6-15(3)12(4-13(15)17)11(8-16)10(9)7-14/h9,12-13,16-17H,4-8H2,1-3H3/t9-,12+,13-,15-/m0/s1. The van der Waals surface area contributed by atoms with Gasteiger partial charge in [0.15, 0.2) is 0 Å². The molecule has 0 heterocycles. The van der Waals surface area contributed by atoms with Gasteiger partial charge in [-0.25, -0.2) is 0 Å². The monoisotopic (exact) mass is 236 g/mol. The smallest absolute Gasteiger partial charge is 0.0647 e. The second-order valence-corrected chi connectivity index (χ2v) is 7.46. The normalized spacial score (nSPS) is 47.5. The minimum Gasteiger partial charge on any atom is -0.393 e. The lowest BCUT2D eigenvalue weighted by atomic mass is 9.50. The van der Waals surface area contributed by atoms with Crippen molar-refractivity contribution in [1.29, 1.82) is 0 Å². The average molecular weight is 236 g/mol. The number of hydrogen-bond donors (Lipinski definition) is 2. The summed E-state index contributed by atoms with van der Waals surface area (Å²) in [4.78, 5) is 0. The van der Waals surface area contributed by atoms with Crippen LogP contribution in [0.4, 0.5) is 0 Å². The van der Waals surface area contributed by atoms with E-state index in [1.54, 1.807) is 0 Å². The summed E-state index contributed by atoms with van der Waals surface area (Å²) in [7, 11) is 0. The van der Waals surface area contributed by atoms with Gasteiger partial charge in [0.1, 0.15) is 0 Å². The van der Waals surface area contributed by atoms with E-state index < -0.39 is 0 Å². The van der Waals surface area contributed by atoms with Gasteiger partial charge in [-0.05, 0) is 48.5 Å². The van der Waals surface area contributed by atoms with E-state index in [2.05, 4.69) is 20.8 Å². The second kappa shape index (κ2) is 3.36. The van der Waals surface area contributed by atoms with E-state index in [-0.39, 0.29) is 18.1 Å². The molecule has 2 saturated carbocycles. The molecule has 0 aromatic carbocycles. The number of aliphatic hydroxyl groups excluding tert-OH is 2. The molecule has 0 aliphatic heterocycles. The molecule has 17 heavy (non-hydrogen) atoms. The molecule has 3 aliphatic carbocycles. The van der Waals surface area contributed by atoms with Crippen molar-refractivity contribution in [2.45, 2.75) is 52.6 Å². The highest BCUT2D eigenvalue weighted by atomic mass is 16.3. The summed E-state index contributed by atoms with van der Waals surface area (Å²) in [5.74, 6) is 1.06. The Kier molecular flexibility index (Phi) is 2.32. The first kappa shape index (κ1) is 11.7. The van der Waals surface area contributed by atoms with Crippen molar-refractivity contribution in [2.75, 3.05) is 6.61 Å². The zero-order valence-electron chi connectivity index (χ0n) is 11.2. The van der Waals surface area contributed by atoms with Gasteiger partial charge in [-0.3, -0.25) is 0 Å². The van der Waals surface area contributed by atoms with Crippen molar-refractivity contribution in [1.82, 2.24) is 0 Å². The number of rotatable bonds is 1. The Balaban J connectivity index is 2.00. The van der Waals surface area contributed by atoms with Crippen molar-refractivity contribution < 1.29 is 10.2 Å². The van der Waals surface area contributed by atoms with Gasteiger partial charge in [-0.2, -0.15) is 0 Å². The minimum atomic E-state index is -0.153. The van der Waals surface area contributed by atoms with Gasteiger partial charge in [0.05, 0.1) is 12.7 Å². The van der Waals surface area contributed by atoms with E-state index in [9.17, 15) is 10.2 Å². The highest BCUT2D eigenvalue weighted by Crippen LogP contribution is 2.63. The van der Waals surface area contributed by atoms with Gasteiger partial charge in [-0.15, -0.1) is 0 Å². The third-order valence-corrected chi connectivity index (χ3v) is 5.67. The van der Waals surface area contributed by atoms with Crippen LogP contribution in [0.5, 0.6) is 0 Å². The summed E-state index contributed by atoms with van der Waals surface area (Å²) in [5, 5.41) is 19.8. The van der Waals surface area contributed by atoms with Gasteiger partial charge in [-0.1, -0.05) is 26.3 Å². The zero-order chi connectivity index (χ0) is 12.4. The molecule has 3 aliphatic rings. The van der Waals surface area contributed by atoms with Crippen LogP contribution in [0.15, 0.2) is 11.1 Å². The average Bonchev–Trinajstić information content (AvgIpc) is 2.53. The molecule has 0 radical (unpaired) electrons.